The van der Waals surface area contributed by atoms with Gasteiger partial charge in [-0.15, -0.1) is 0 Å². The van der Waals surface area contributed by atoms with E-state index in [1.165, 1.54) is 13.1 Å². The zero-order valence-electron chi connectivity index (χ0n) is 15.0. The first kappa shape index (κ1) is 19.0. The van der Waals surface area contributed by atoms with Gasteiger partial charge in [-0.2, -0.15) is 0 Å². The van der Waals surface area contributed by atoms with Crippen LogP contribution in [0.3, 0.4) is 0 Å². The first-order valence-corrected chi connectivity index (χ1v) is 8.41. The van der Waals surface area contributed by atoms with E-state index >= 15 is 0 Å². The predicted molar refractivity (Wildman–Crippen MR) is 97.0 cm³/mol. The number of carbonyl (C=O) groups is 2. The number of pyridine rings is 1. The molecule has 1 atom stereocenters. The van der Waals surface area contributed by atoms with Crippen molar-refractivity contribution in [2.75, 3.05) is 5.32 Å². The van der Waals surface area contributed by atoms with Crippen LogP contribution in [0.15, 0.2) is 24.4 Å². The number of nitrogens with one attached hydrogen (secondary N) is 1. The maximum absolute atomic E-state index is 12.4. The third-order valence-electron chi connectivity index (χ3n) is 3.89. The van der Waals surface area contributed by atoms with Crippen molar-refractivity contribution in [1.29, 1.82) is 0 Å². The monoisotopic (exact) mass is 363 g/mol. The summed E-state index contributed by atoms with van der Waals surface area (Å²) < 4.78 is 7.36. The standard InChI is InChI=1S/C18H22ClN3O3/c1-10(2)22-11(3)9-14(12(22)4)18(24)25-13(5)17(23)21-15-7-6-8-20-16(15)19/h6-10,13H,1-5H3,(H,21,23). The number of carbonyl (C=O) groups excluding carboxylic acids is 2. The lowest BCUT2D eigenvalue weighted by Gasteiger charge is -2.15. The molecular formula is C18H22ClN3O3. The van der Waals surface area contributed by atoms with Gasteiger partial charge in [0.2, 0.25) is 0 Å². The molecule has 0 aliphatic heterocycles. The SMILES string of the molecule is Cc1cc(C(=O)OC(C)C(=O)Nc2cccnc2Cl)c(C)n1C(C)C. The summed E-state index contributed by atoms with van der Waals surface area (Å²) in [6.07, 6.45) is 0.553. The third kappa shape index (κ3) is 4.20. The summed E-state index contributed by atoms with van der Waals surface area (Å²) in [4.78, 5) is 28.5. The molecule has 0 saturated heterocycles. The van der Waals surface area contributed by atoms with Crippen LogP contribution in [0.25, 0.3) is 0 Å². The van der Waals surface area contributed by atoms with E-state index in [1.807, 2.05) is 27.7 Å². The molecule has 1 N–H and O–H groups in total. The Bertz CT molecular complexity index is 799. The average molecular weight is 364 g/mol. The van der Waals surface area contributed by atoms with Gasteiger partial charge in [-0.25, -0.2) is 9.78 Å². The number of aromatic nitrogens is 2. The molecule has 6 nitrogen and oxygen atoms in total. The van der Waals surface area contributed by atoms with E-state index in [0.717, 1.165) is 11.4 Å². The topological polar surface area (TPSA) is 73.2 Å². The molecule has 7 heteroatoms. The Labute approximate surface area is 152 Å². The smallest absolute Gasteiger partial charge is 0.340 e. The fourth-order valence-electron chi connectivity index (χ4n) is 2.77. The normalized spacial score (nSPS) is 12.1. The summed E-state index contributed by atoms with van der Waals surface area (Å²) in [7, 11) is 0. The second-order valence-corrected chi connectivity index (χ2v) is 6.49. The van der Waals surface area contributed by atoms with E-state index < -0.39 is 18.0 Å². The number of hydrogen-bond donors (Lipinski definition) is 1. The Morgan fingerprint density at radius 2 is 1.96 bits per heavy atom. The summed E-state index contributed by atoms with van der Waals surface area (Å²) >= 11 is 5.91. The molecule has 0 aromatic carbocycles. The maximum atomic E-state index is 12.4. The van der Waals surface area contributed by atoms with Gasteiger partial charge in [-0.3, -0.25) is 4.79 Å². The molecule has 0 aliphatic carbocycles. The minimum absolute atomic E-state index is 0.176. The lowest BCUT2D eigenvalue weighted by atomic mass is 10.2. The number of amides is 1. The van der Waals surface area contributed by atoms with Gasteiger partial charge in [-0.05, 0) is 52.8 Å². The summed E-state index contributed by atoms with van der Waals surface area (Å²) in [5, 5.41) is 2.78. The van der Waals surface area contributed by atoms with Crippen molar-refractivity contribution in [3.63, 3.8) is 0 Å². The van der Waals surface area contributed by atoms with Crippen LogP contribution >= 0.6 is 11.6 Å². The van der Waals surface area contributed by atoms with Gasteiger partial charge < -0.3 is 14.6 Å². The van der Waals surface area contributed by atoms with Gasteiger partial charge in [0.25, 0.3) is 5.91 Å². The highest BCUT2D eigenvalue weighted by Crippen LogP contribution is 2.22. The second kappa shape index (κ2) is 7.70. The van der Waals surface area contributed by atoms with Crippen molar-refractivity contribution < 1.29 is 14.3 Å². The van der Waals surface area contributed by atoms with Crippen LogP contribution in [-0.2, 0) is 9.53 Å². The minimum atomic E-state index is -0.967. The molecule has 1 amide bonds. The first-order valence-electron chi connectivity index (χ1n) is 8.03. The highest BCUT2D eigenvalue weighted by atomic mass is 35.5. The number of anilines is 1. The van der Waals surface area contributed by atoms with Crippen LogP contribution in [0.4, 0.5) is 5.69 Å². The Morgan fingerprint density at radius 3 is 2.52 bits per heavy atom. The lowest BCUT2D eigenvalue weighted by molar-refractivity contribution is -0.123. The third-order valence-corrected chi connectivity index (χ3v) is 4.19. The summed E-state index contributed by atoms with van der Waals surface area (Å²) in [6.45, 7) is 9.40. The van der Waals surface area contributed by atoms with E-state index in [0.29, 0.717) is 11.3 Å². The maximum Gasteiger partial charge on any atom is 0.340 e. The average Bonchev–Trinajstić information content (AvgIpc) is 2.84. The fraction of sp³-hybridized carbons (Fsp3) is 0.389. The van der Waals surface area contributed by atoms with Crippen LogP contribution in [0.2, 0.25) is 5.15 Å². The first-order chi connectivity index (χ1) is 11.7. The molecule has 2 heterocycles. The van der Waals surface area contributed by atoms with Gasteiger partial charge in [0.05, 0.1) is 11.3 Å². The van der Waals surface area contributed by atoms with Crippen molar-refractivity contribution in [2.45, 2.75) is 46.8 Å². The highest BCUT2D eigenvalue weighted by Gasteiger charge is 2.23. The molecule has 2 aromatic heterocycles. The van der Waals surface area contributed by atoms with Crippen molar-refractivity contribution >= 4 is 29.2 Å². The molecule has 0 spiro atoms. The van der Waals surface area contributed by atoms with Gasteiger partial charge in [0, 0.05) is 23.6 Å². The van der Waals surface area contributed by atoms with Crippen LogP contribution in [0.5, 0.6) is 0 Å². The Balaban J connectivity index is 2.09. The van der Waals surface area contributed by atoms with Crippen molar-refractivity contribution in [3.05, 3.63) is 46.5 Å². The Hall–Kier alpha value is -2.34. The number of hydrogen-bond acceptors (Lipinski definition) is 4. The van der Waals surface area contributed by atoms with Crippen LogP contribution in [0.1, 0.15) is 48.6 Å². The number of halogens is 1. The molecule has 25 heavy (non-hydrogen) atoms. The summed E-state index contributed by atoms with van der Waals surface area (Å²) in [5.74, 6) is -0.999. The minimum Gasteiger partial charge on any atom is -0.449 e. The molecule has 0 radical (unpaired) electrons. The van der Waals surface area contributed by atoms with Gasteiger partial charge in [-0.1, -0.05) is 11.6 Å². The number of nitrogens with zero attached hydrogens (tertiary/aromatic N) is 2. The fourth-order valence-corrected chi connectivity index (χ4v) is 2.94. The van der Waals surface area contributed by atoms with Crippen LogP contribution < -0.4 is 5.32 Å². The Kier molecular flexibility index (Phi) is 5.85. The van der Waals surface area contributed by atoms with Gasteiger partial charge in [0.1, 0.15) is 0 Å². The molecule has 2 rings (SSSR count). The molecule has 0 fully saturated rings. The molecule has 0 bridgehead atoms. The number of esters is 1. The van der Waals surface area contributed by atoms with Crippen LogP contribution in [0, 0.1) is 13.8 Å². The molecule has 1 unspecified atom stereocenters. The molecule has 134 valence electrons. The summed E-state index contributed by atoms with van der Waals surface area (Å²) in [5.41, 5.74) is 2.62. The van der Waals surface area contributed by atoms with Gasteiger partial charge in [0.15, 0.2) is 11.3 Å². The number of rotatable bonds is 5. The van der Waals surface area contributed by atoms with Gasteiger partial charge >= 0.3 is 5.97 Å². The molecule has 0 aliphatic rings. The molecule has 0 saturated carbocycles. The molecule has 2 aromatic rings. The zero-order chi connectivity index (χ0) is 18.7. The van der Waals surface area contributed by atoms with Crippen LogP contribution in [-0.4, -0.2) is 27.5 Å². The second-order valence-electron chi connectivity index (χ2n) is 6.13. The van der Waals surface area contributed by atoms with Crippen molar-refractivity contribution in [2.24, 2.45) is 0 Å². The Morgan fingerprint density at radius 1 is 1.28 bits per heavy atom. The quantitative estimate of drug-likeness (QED) is 0.645. The van der Waals surface area contributed by atoms with E-state index in [-0.39, 0.29) is 11.2 Å². The zero-order valence-corrected chi connectivity index (χ0v) is 15.7. The molecular weight excluding hydrogens is 342 g/mol. The number of aryl methyl sites for hydroxylation is 1. The van der Waals surface area contributed by atoms with Crippen molar-refractivity contribution in [3.8, 4) is 0 Å². The van der Waals surface area contributed by atoms with E-state index in [1.54, 1.807) is 18.2 Å². The van der Waals surface area contributed by atoms with Crippen molar-refractivity contribution in [1.82, 2.24) is 9.55 Å². The predicted octanol–water partition coefficient (Wildman–Crippen LogP) is 3.92. The largest absolute Gasteiger partial charge is 0.449 e. The van der Waals surface area contributed by atoms with E-state index in [4.69, 9.17) is 16.3 Å². The lowest BCUT2D eigenvalue weighted by Crippen LogP contribution is -2.30. The van der Waals surface area contributed by atoms with E-state index in [9.17, 15) is 9.59 Å². The van der Waals surface area contributed by atoms with E-state index in [2.05, 4.69) is 14.9 Å². The highest BCUT2D eigenvalue weighted by molar-refractivity contribution is 6.32. The number of ether oxygens (including phenoxy) is 1. The summed E-state index contributed by atoms with van der Waals surface area (Å²) in [6, 6.07) is 5.28.